The van der Waals surface area contributed by atoms with Crippen molar-refractivity contribution < 1.29 is 14.6 Å². The lowest BCUT2D eigenvalue weighted by Crippen LogP contribution is -2.18. The highest BCUT2D eigenvalue weighted by molar-refractivity contribution is 6.31. The maximum atomic E-state index is 10.4. The van der Waals surface area contributed by atoms with Crippen LogP contribution in [-0.4, -0.2) is 24.0 Å². The van der Waals surface area contributed by atoms with Gasteiger partial charge in [-0.25, -0.2) is 0 Å². The number of fused-ring (bicyclic) bond motifs is 1. The molecule has 152 valence electrons. The van der Waals surface area contributed by atoms with E-state index in [-0.39, 0.29) is 11.8 Å². The van der Waals surface area contributed by atoms with Crippen molar-refractivity contribution >= 4 is 23.0 Å². The highest BCUT2D eigenvalue weighted by atomic mass is 35.5. The fraction of sp³-hybridized carbons (Fsp3) is 0.208. The van der Waals surface area contributed by atoms with Crippen LogP contribution in [0.4, 0.5) is 5.69 Å². The van der Waals surface area contributed by atoms with Crippen LogP contribution in [-0.2, 0) is 0 Å². The van der Waals surface area contributed by atoms with E-state index in [1.165, 1.54) is 0 Å². The van der Waals surface area contributed by atoms with Gasteiger partial charge in [-0.3, -0.25) is 5.01 Å². The molecule has 0 bridgehead atoms. The van der Waals surface area contributed by atoms with Gasteiger partial charge in [0.25, 0.3) is 0 Å². The highest BCUT2D eigenvalue weighted by Gasteiger charge is 2.31. The lowest BCUT2D eigenvalue weighted by Gasteiger charge is -2.24. The molecule has 0 saturated carbocycles. The molecule has 0 spiro atoms. The van der Waals surface area contributed by atoms with E-state index in [0.29, 0.717) is 30.2 Å². The summed E-state index contributed by atoms with van der Waals surface area (Å²) in [6.07, 6.45) is 1.49. The van der Waals surface area contributed by atoms with Gasteiger partial charge in [0.2, 0.25) is 0 Å². The van der Waals surface area contributed by atoms with E-state index < -0.39 is 0 Å². The molecule has 1 atom stereocenters. The number of benzene rings is 3. The number of nitrogens with zero attached hydrogens (tertiary/aromatic N) is 2. The summed E-state index contributed by atoms with van der Waals surface area (Å²) < 4.78 is 11.7. The fourth-order valence-electron chi connectivity index (χ4n) is 3.88. The summed E-state index contributed by atoms with van der Waals surface area (Å²) in [5.74, 6) is 1.71. The van der Waals surface area contributed by atoms with E-state index in [2.05, 4.69) is 6.07 Å². The maximum absolute atomic E-state index is 10.4. The van der Waals surface area contributed by atoms with E-state index in [9.17, 15) is 5.11 Å². The SMILES string of the molecule is Oc1ccc(Cl)cc1C1=NN(c2ccccc2)[C@H](c2ccc3c(c2)OCCCO3)C1. The normalized spacial score (nSPS) is 18.1. The highest BCUT2D eigenvalue weighted by Crippen LogP contribution is 2.41. The number of halogens is 1. The number of hydrogen-bond donors (Lipinski definition) is 1. The predicted molar refractivity (Wildman–Crippen MR) is 118 cm³/mol. The zero-order valence-corrected chi connectivity index (χ0v) is 17.0. The summed E-state index contributed by atoms with van der Waals surface area (Å²) >= 11 is 6.19. The Kier molecular flexibility index (Phi) is 4.97. The van der Waals surface area contributed by atoms with Crippen LogP contribution in [0, 0.1) is 0 Å². The summed E-state index contributed by atoms with van der Waals surface area (Å²) in [5, 5.41) is 17.8. The number of rotatable bonds is 3. The second-order valence-corrected chi connectivity index (χ2v) is 7.80. The van der Waals surface area contributed by atoms with Gasteiger partial charge in [-0.15, -0.1) is 0 Å². The van der Waals surface area contributed by atoms with E-state index in [4.69, 9.17) is 26.2 Å². The van der Waals surface area contributed by atoms with Crippen molar-refractivity contribution in [1.29, 1.82) is 0 Å². The van der Waals surface area contributed by atoms with Gasteiger partial charge in [-0.2, -0.15) is 5.10 Å². The van der Waals surface area contributed by atoms with Gasteiger partial charge in [0.1, 0.15) is 5.75 Å². The molecule has 5 nitrogen and oxygen atoms in total. The van der Waals surface area contributed by atoms with Crippen molar-refractivity contribution in [2.45, 2.75) is 18.9 Å². The molecule has 2 heterocycles. The second kappa shape index (κ2) is 7.92. The molecule has 30 heavy (non-hydrogen) atoms. The third-order valence-electron chi connectivity index (χ3n) is 5.36. The number of hydrazone groups is 1. The van der Waals surface area contributed by atoms with Gasteiger partial charge in [-0.1, -0.05) is 35.9 Å². The summed E-state index contributed by atoms with van der Waals surface area (Å²) in [4.78, 5) is 0. The van der Waals surface area contributed by atoms with E-state index in [0.717, 1.165) is 34.9 Å². The molecule has 0 aromatic heterocycles. The van der Waals surface area contributed by atoms with Gasteiger partial charge < -0.3 is 14.6 Å². The first kappa shape index (κ1) is 18.8. The molecule has 3 aromatic carbocycles. The van der Waals surface area contributed by atoms with E-state index in [1.54, 1.807) is 18.2 Å². The summed E-state index contributed by atoms with van der Waals surface area (Å²) in [5.41, 5.74) is 3.49. The summed E-state index contributed by atoms with van der Waals surface area (Å²) in [6, 6.07) is 21.1. The van der Waals surface area contributed by atoms with Gasteiger partial charge >= 0.3 is 0 Å². The van der Waals surface area contributed by atoms with Crippen LogP contribution in [0.3, 0.4) is 0 Å². The molecular weight excluding hydrogens is 400 g/mol. The van der Waals surface area contributed by atoms with Crippen LogP contribution < -0.4 is 14.5 Å². The minimum atomic E-state index is -0.0436. The molecule has 0 amide bonds. The van der Waals surface area contributed by atoms with Crippen LogP contribution in [0.5, 0.6) is 17.2 Å². The third-order valence-corrected chi connectivity index (χ3v) is 5.59. The topological polar surface area (TPSA) is 54.3 Å². The molecule has 0 radical (unpaired) electrons. The van der Waals surface area contributed by atoms with Crippen LogP contribution in [0.25, 0.3) is 0 Å². The standard InChI is InChI=1S/C24H21ClN2O3/c25-17-8-9-22(28)19(14-17)20-15-21(27(26-20)18-5-2-1-3-6-18)16-7-10-23-24(13-16)30-12-4-11-29-23/h1-3,5-10,13-14,21,28H,4,11-12,15H2/t21-/m0/s1. The molecule has 2 aliphatic rings. The zero-order chi connectivity index (χ0) is 20.5. The third kappa shape index (κ3) is 3.57. The first-order chi connectivity index (χ1) is 14.7. The largest absolute Gasteiger partial charge is 0.507 e. The Morgan fingerprint density at radius 1 is 0.933 bits per heavy atom. The Balaban J connectivity index is 1.56. The van der Waals surface area contributed by atoms with Gasteiger partial charge in [0.05, 0.1) is 30.7 Å². The van der Waals surface area contributed by atoms with Gasteiger partial charge in [-0.05, 0) is 48.0 Å². The first-order valence-electron chi connectivity index (χ1n) is 9.99. The van der Waals surface area contributed by atoms with Gasteiger partial charge in [0.15, 0.2) is 11.5 Å². The Labute approximate surface area is 180 Å². The van der Waals surface area contributed by atoms with Crippen LogP contribution in [0.2, 0.25) is 5.02 Å². The average molecular weight is 421 g/mol. The lowest BCUT2D eigenvalue weighted by molar-refractivity contribution is 0.297. The zero-order valence-electron chi connectivity index (χ0n) is 16.3. The molecule has 3 aromatic rings. The number of hydrogen-bond acceptors (Lipinski definition) is 5. The summed E-state index contributed by atoms with van der Waals surface area (Å²) in [6.45, 7) is 1.30. The van der Waals surface area contributed by atoms with E-state index in [1.807, 2.05) is 47.5 Å². The minimum absolute atomic E-state index is 0.0436. The molecule has 0 fully saturated rings. The Bertz CT molecular complexity index is 1100. The van der Waals surface area contributed by atoms with Crippen LogP contribution >= 0.6 is 11.6 Å². The number of ether oxygens (including phenoxy) is 2. The molecular formula is C24H21ClN2O3. The quantitative estimate of drug-likeness (QED) is 0.602. The lowest BCUT2D eigenvalue weighted by atomic mass is 9.97. The number of phenols is 1. The molecule has 1 N–H and O–H groups in total. The van der Waals surface area contributed by atoms with Crippen LogP contribution in [0.1, 0.15) is 30.0 Å². The molecule has 0 unspecified atom stereocenters. The number of para-hydroxylation sites is 1. The van der Waals surface area contributed by atoms with Crippen molar-refractivity contribution in [3.63, 3.8) is 0 Å². The molecule has 6 heteroatoms. The molecule has 0 saturated heterocycles. The molecule has 2 aliphatic heterocycles. The number of anilines is 1. The predicted octanol–water partition coefficient (Wildman–Crippen LogP) is 5.56. The maximum Gasteiger partial charge on any atom is 0.161 e. The van der Waals surface area contributed by atoms with Crippen molar-refractivity contribution in [2.24, 2.45) is 5.10 Å². The minimum Gasteiger partial charge on any atom is -0.507 e. The fourth-order valence-corrected chi connectivity index (χ4v) is 4.05. The monoisotopic (exact) mass is 420 g/mol. The average Bonchev–Trinajstić information content (AvgIpc) is 3.08. The molecule has 0 aliphatic carbocycles. The van der Waals surface area contributed by atoms with Crippen molar-refractivity contribution in [3.8, 4) is 17.2 Å². The Morgan fingerprint density at radius 2 is 1.73 bits per heavy atom. The second-order valence-electron chi connectivity index (χ2n) is 7.36. The number of phenolic OH excluding ortho intramolecular Hbond substituents is 1. The Hall–Kier alpha value is -3.18. The van der Waals surface area contributed by atoms with E-state index >= 15 is 0 Å². The van der Waals surface area contributed by atoms with Crippen molar-refractivity contribution in [3.05, 3.63) is 82.9 Å². The first-order valence-corrected chi connectivity index (χ1v) is 10.4. The van der Waals surface area contributed by atoms with Gasteiger partial charge in [0, 0.05) is 23.4 Å². The van der Waals surface area contributed by atoms with Crippen LogP contribution in [0.15, 0.2) is 71.8 Å². The van der Waals surface area contributed by atoms with Crippen molar-refractivity contribution in [2.75, 3.05) is 18.2 Å². The molecule has 5 rings (SSSR count). The number of aromatic hydroxyl groups is 1. The van der Waals surface area contributed by atoms with Crippen molar-refractivity contribution in [1.82, 2.24) is 0 Å². The Morgan fingerprint density at radius 3 is 2.57 bits per heavy atom. The summed E-state index contributed by atoms with van der Waals surface area (Å²) in [7, 11) is 0. The smallest absolute Gasteiger partial charge is 0.161 e.